The van der Waals surface area contributed by atoms with Crippen LogP contribution < -0.4 is 5.32 Å². The summed E-state index contributed by atoms with van der Waals surface area (Å²) in [6.07, 6.45) is 1.41. The molecule has 0 aliphatic carbocycles. The van der Waals surface area contributed by atoms with Gasteiger partial charge in [0.05, 0.1) is 5.02 Å². The quantitative estimate of drug-likeness (QED) is 0.871. The van der Waals surface area contributed by atoms with Gasteiger partial charge in [-0.2, -0.15) is 0 Å². The number of rotatable bonds is 5. The number of benzene rings is 1. The zero-order valence-corrected chi connectivity index (χ0v) is 11.7. The van der Waals surface area contributed by atoms with Gasteiger partial charge in [0, 0.05) is 44.4 Å². The van der Waals surface area contributed by atoms with E-state index in [1.165, 1.54) is 0 Å². The van der Waals surface area contributed by atoms with Crippen LogP contribution in [0.25, 0.3) is 0 Å². The van der Waals surface area contributed by atoms with E-state index in [-0.39, 0.29) is 23.5 Å². The Labute approximate surface area is 118 Å². The molecule has 2 N–H and O–H groups in total. The van der Waals surface area contributed by atoms with Crippen LogP contribution in [0.3, 0.4) is 0 Å². The van der Waals surface area contributed by atoms with Crippen LogP contribution in [-0.2, 0) is 0 Å². The maximum atomic E-state index is 14.2. The third-order valence-electron chi connectivity index (χ3n) is 3.57. The predicted octanol–water partition coefficient (Wildman–Crippen LogP) is 2.20. The Morgan fingerprint density at radius 2 is 2.11 bits per heavy atom. The fraction of sp³-hybridized carbons (Fsp3) is 0.571. The van der Waals surface area contributed by atoms with E-state index in [9.17, 15) is 4.39 Å². The third kappa shape index (κ3) is 3.66. The molecule has 0 radical (unpaired) electrons. The standard InChI is InChI=1S/C14H20ClFN2O/c15-12-4-1-3-11(14(12)16)13(5-2-10-19)18-8-6-17-7-9-18/h1,3-4,13,17,19H,2,5-10H2/t13-/m1/s1. The van der Waals surface area contributed by atoms with E-state index in [0.717, 1.165) is 32.6 Å². The van der Waals surface area contributed by atoms with Crippen molar-refractivity contribution in [2.24, 2.45) is 0 Å². The molecule has 1 aromatic rings. The topological polar surface area (TPSA) is 35.5 Å². The minimum absolute atomic E-state index is 0.00653. The maximum Gasteiger partial charge on any atom is 0.146 e. The van der Waals surface area contributed by atoms with Gasteiger partial charge in [0.1, 0.15) is 5.82 Å². The van der Waals surface area contributed by atoms with Gasteiger partial charge in [-0.05, 0) is 18.9 Å². The number of nitrogens with one attached hydrogen (secondary N) is 1. The van der Waals surface area contributed by atoms with E-state index in [1.54, 1.807) is 18.2 Å². The molecule has 2 rings (SSSR count). The molecule has 0 unspecified atom stereocenters. The first-order chi connectivity index (χ1) is 9.24. The predicted molar refractivity (Wildman–Crippen MR) is 74.9 cm³/mol. The summed E-state index contributed by atoms with van der Waals surface area (Å²) in [5.74, 6) is -0.328. The molecule has 0 aromatic heterocycles. The van der Waals surface area contributed by atoms with E-state index in [4.69, 9.17) is 16.7 Å². The highest BCUT2D eigenvalue weighted by Gasteiger charge is 2.24. The summed E-state index contributed by atoms with van der Waals surface area (Å²) in [6, 6.07) is 5.15. The lowest BCUT2D eigenvalue weighted by atomic mass is 9.99. The summed E-state index contributed by atoms with van der Waals surface area (Å²) < 4.78 is 14.2. The Balaban J connectivity index is 2.22. The summed E-state index contributed by atoms with van der Waals surface area (Å²) >= 11 is 5.88. The van der Waals surface area contributed by atoms with Gasteiger partial charge in [-0.25, -0.2) is 4.39 Å². The van der Waals surface area contributed by atoms with Crippen molar-refractivity contribution in [2.75, 3.05) is 32.8 Å². The number of halogens is 2. The van der Waals surface area contributed by atoms with Crippen LogP contribution in [0.15, 0.2) is 18.2 Å². The lowest BCUT2D eigenvalue weighted by Gasteiger charge is -2.35. The van der Waals surface area contributed by atoms with Gasteiger partial charge in [-0.15, -0.1) is 0 Å². The molecule has 0 bridgehead atoms. The first kappa shape index (κ1) is 14.7. The zero-order valence-electron chi connectivity index (χ0n) is 10.9. The minimum Gasteiger partial charge on any atom is -0.396 e. The summed E-state index contributed by atoms with van der Waals surface area (Å²) in [5.41, 5.74) is 0.642. The molecule has 1 heterocycles. The van der Waals surface area contributed by atoms with Crippen LogP contribution in [0, 0.1) is 5.82 Å². The molecule has 1 atom stereocenters. The van der Waals surface area contributed by atoms with Crippen molar-refractivity contribution in [2.45, 2.75) is 18.9 Å². The molecule has 1 fully saturated rings. The summed E-state index contributed by atoms with van der Waals surface area (Å²) in [4.78, 5) is 2.26. The molecule has 106 valence electrons. The third-order valence-corrected chi connectivity index (χ3v) is 3.86. The first-order valence-electron chi connectivity index (χ1n) is 6.73. The highest BCUT2D eigenvalue weighted by atomic mass is 35.5. The SMILES string of the molecule is OCCC[C@H](c1cccc(Cl)c1F)N1CCNCC1. The van der Waals surface area contributed by atoms with Crippen molar-refractivity contribution in [1.82, 2.24) is 10.2 Å². The van der Waals surface area contributed by atoms with Gasteiger partial charge in [0.25, 0.3) is 0 Å². The second-order valence-electron chi connectivity index (χ2n) is 4.81. The van der Waals surface area contributed by atoms with Gasteiger partial charge in [0.15, 0.2) is 0 Å². The Bertz CT molecular complexity index is 410. The number of hydrogen-bond donors (Lipinski definition) is 2. The number of nitrogens with zero attached hydrogens (tertiary/aromatic N) is 1. The van der Waals surface area contributed by atoms with Crippen molar-refractivity contribution in [1.29, 1.82) is 0 Å². The Morgan fingerprint density at radius 1 is 1.37 bits per heavy atom. The average Bonchev–Trinajstić information content (AvgIpc) is 2.45. The second-order valence-corrected chi connectivity index (χ2v) is 5.22. The highest BCUT2D eigenvalue weighted by Crippen LogP contribution is 2.30. The van der Waals surface area contributed by atoms with Crippen molar-refractivity contribution in [3.05, 3.63) is 34.6 Å². The smallest absolute Gasteiger partial charge is 0.146 e. The van der Waals surface area contributed by atoms with Crippen LogP contribution in [0.4, 0.5) is 4.39 Å². The van der Waals surface area contributed by atoms with Crippen LogP contribution in [0.1, 0.15) is 24.4 Å². The van der Waals surface area contributed by atoms with Crippen molar-refractivity contribution in [3.63, 3.8) is 0 Å². The molecule has 1 aliphatic rings. The van der Waals surface area contributed by atoms with Gasteiger partial charge in [0.2, 0.25) is 0 Å². The fourth-order valence-corrected chi connectivity index (χ4v) is 2.77. The van der Waals surface area contributed by atoms with Crippen molar-refractivity contribution < 1.29 is 9.50 Å². The fourth-order valence-electron chi connectivity index (χ4n) is 2.59. The number of aliphatic hydroxyl groups excluding tert-OH is 1. The van der Waals surface area contributed by atoms with Crippen LogP contribution in [-0.4, -0.2) is 42.8 Å². The van der Waals surface area contributed by atoms with Gasteiger partial charge in [-0.3, -0.25) is 4.90 Å². The molecular formula is C14H20ClFN2O. The minimum atomic E-state index is -0.328. The van der Waals surface area contributed by atoms with E-state index in [0.29, 0.717) is 12.0 Å². The molecular weight excluding hydrogens is 267 g/mol. The molecule has 1 aromatic carbocycles. The molecule has 3 nitrogen and oxygen atoms in total. The van der Waals surface area contributed by atoms with Crippen molar-refractivity contribution >= 4 is 11.6 Å². The van der Waals surface area contributed by atoms with E-state index in [1.807, 2.05) is 0 Å². The van der Waals surface area contributed by atoms with Crippen LogP contribution in [0.5, 0.6) is 0 Å². The van der Waals surface area contributed by atoms with Gasteiger partial charge < -0.3 is 10.4 Å². The summed E-state index contributed by atoms with van der Waals surface area (Å²) in [5, 5.41) is 12.5. The highest BCUT2D eigenvalue weighted by molar-refractivity contribution is 6.30. The molecule has 19 heavy (non-hydrogen) atoms. The Morgan fingerprint density at radius 3 is 2.79 bits per heavy atom. The second kappa shape index (κ2) is 7.20. The number of piperazine rings is 1. The Kier molecular flexibility index (Phi) is 5.58. The maximum absolute atomic E-state index is 14.2. The van der Waals surface area contributed by atoms with E-state index in [2.05, 4.69) is 10.2 Å². The summed E-state index contributed by atoms with van der Waals surface area (Å²) in [6.45, 7) is 3.74. The van der Waals surface area contributed by atoms with Gasteiger partial charge >= 0.3 is 0 Å². The molecule has 5 heteroatoms. The van der Waals surface area contributed by atoms with Crippen LogP contribution >= 0.6 is 11.6 Å². The lowest BCUT2D eigenvalue weighted by molar-refractivity contribution is 0.152. The van der Waals surface area contributed by atoms with E-state index < -0.39 is 0 Å². The first-order valence-corrected chi connectivity index (χ1v) is 7.11. The summed E-state index contributed by atoms with van der Waals surface area (Å²) in [7, 11) is 0. The van der Waals surface area contributed by atoms with Crippen molar-refractivity contribution in [3.8, 4) is 0 Å². The zero-order chi connectivity index (χ0) is 13.7. The molecule has 0 amide bonds. The molecule has 0 spiro atoms. The van der Waals surface area contributed by atoms with Gasteiger partial charge in [-0.1, -0.05) is 23.7 Å². The average molecular weight is 287 g/mol. The molecule has 1 saturated heterocycles. The molecule has 0 saturated carbocycles. The van der Waals surface area contributed by atoms with E-state index >= 15 is 0 Å². The lowest BCUT2D eigenvalue weighted by Crippen LogP contribution is -2.45. The Hall–Kier alpha value is -0.680. The number of hydrogen-bond acceptors (Lipinski definition) is 3. The normalized spacial score (nSPS) is 18.5. The number of aliphatic hydroxyl groups is 1. The monoisotopic (exact) mass is 286 g/mol. The molecule has 1 aliphatic heterocycles. The van der Waals surface area contributed by atoms with Crippen LogP contribution in [0.2, 0.25) is 5.02 Å². The largest absolute Gasteiger partial charge is 0.396 e.